The van der Waals surface area contributed by atoms with Crippen LogP contribution in [-0.2, 0) is 7.05 Å². The third-order valence-corrected chi connectivity index (χ3v) is 3.81. The fourth-order valence-corrected chi connectivity index (χ4v) is 2.53. The van der Waals surface area contributed by atoms with Crippen molar-refractivity contribution in [2.24, 2.45) is 7.05 Å². The highest BCUT2D eigenvalue weighted by atomic mass is 79.9. The first-order chi connectivity index (χ1) is 10.6. The van der Waals surface area contributed by atoms with Gasteiger partial charge in [0.2, 0.25) is 0 Å². The van der Waals surface area contributed by atoms with Crippen molar-refractivity contribution in [1.82, 2.24) is 14.5 Å². The second-order valence-corrected chi connectivity index (χ2v) is 5.71. The number of hydrogen-bond donors (Lipinski definition) is 1. The molecule has 0 saturated carbocycles. The number of nitriles is 1. The lowest BCUT2D eigenvalue weighted by Crippen LogP contribution is -2.11. The number of H-pyrrole nitrogens is 1. The first-order valence-corrected chi connectivity index (χ1v) is 7.31. The van der Waals surface area contributed by atoms with E-state index in [-0.39, 0.29) is 11.4 Å². The minimum atomic E-state index is -0.269. The number of aryl methyl sites for hydroxylation is 1. The fraction of sp³-hybridized carbons (Fsp3) is 0.0625. The zero-order valence-corrected chi connectivity index (χ0v) is 13.3. The summed E-state index contributed by atoms with van der Waals surface area (Å²) in [6.07, 6.45) is 3.58. The molecule has 6 heteroatoms. The van der Waals surface area contributed by atoms with Crippen LogP contribution in [-0.4, -0.2) is 14.5 Å². The fourth-order valence-electron chi connectivity index (χ4n) is 2.16. The molecule has 2 aromatic heterocycles. The van der Waals surface area contributed by atoms with Gasteiger partial charge in [0.15, 0.2) is 5.82 Å². The van der Waals surface area contributed by atoms with Gasteiger partial charge in [-0.1, -0.05) is 15.9 Å². The summed E-state index contributed by atoms with van der Waals surface area (Å²) < 4.78 is 2.69. The Bertz CT molecular complexity index is 991. The van der Waals surface area contributed by atoms with Crippen molar-refractivity contribution < 1.29 is 0 Å². The van der Waals surface area contributed by atoms with E-state index in [9.17, 15) is 10.1 Å². The second-order valence-electron chi connectivity index (χ2n) is 4.79. The average Bonchev–Trinajstić information content (AvgIpc) is 2.90. The Kier molecular flexibility index (Phi) is 3.65. The highest BCUT2D eigenvalue weighted by Crippen LogP contribution is 2.18. The van der Waals surface area contributed by atoms with E-state index in [0.29, 0.717) is 16.5 Å². The van der Waals surface area contributed by atoms with E-state index in [0.717, 1.165) is 10.2 Å². The van der Waals surface area contributed by atoms with Crippen LogP contribution in [0.5, 0.6) is 0 Å². The topological polar surface area (TPSA) is 74.5 Å². The van der Waals surface area contributed by atoms with E-state index < -0.39 is 0 Å². The van der Waals surface area contributed by atoms with E-state index in [1.165, 1.54) is 0 Å². The summed E-state index contributed by atoms with van der Waals surface area (Å²) in [5, 5.41) is 9.86. The van der Waals surface area contributed by atoms with E-state index in [4.69, 9.17) is 0 Å². The quantitative estimate of drug-likeness (QED) is 0.718. The van der Waals surface area contributed by atoms with E-state index >= 15 is 0 Å². The number of aromatic nitrogens is 3. The number of fused-ring (bicyclic) bond motifs is 1. The van der Waals surface area contributed by atoms with Crippen LogP contribution >= 0.6 is 15.9 Å². The third kappa shape index (κ3) is 2.59. The Morgan fingerprint density at radius 3 is 2.95 bits per heavy atom. The van der Waals surface area contributed by atoms with Crippen LogP contribution in [0.2, 0.25) is 0 Å². The molecule has 0 unspecified atom stereocenters. The van der Waals surface area contributed by atoms with Crippen molar-refractivity contribution in [1.29, 1.82) is 5.26 Å². The maximum atomic E-state index is 12.2. The van der Waals surface area contributed by atoms with Gasteiger partial charge in [-0.2, -0.15) is 5.26 Å². The summed E-state index contributed by atoms with van der Waals surface area (Å²) in [5.74, 6) is 0.267. The third-order valence-electron chi connectivity index (χ3n) is 3.32. The largest absolute Gasteiger partial charge is 0.351 e. The van der Waals surface area contributed by atoms with Gasteiger partial charge in [-0.25, -0.2) is 4.98 Å². The summed E-state index contributed by atoms with van der Waals surface area (Å²) in [6, 6.07) is 11.1. The SMILES string of the molecule is Cn1cccc1/C=C(\C#N)c1nc2ccc(Br)cc2c(=O)[nH]1. The monoisotopic (exact) mass is 354 g/mol. The Hall–Kier alpha value is -2.65. The van der Waals surface area contributed by atoms with Gasteiger partial charge in [0.1, 0.15) is 6.07 Å². The van der Waals surface area contributed by atoms with Crippen molar-refractivity contribution in [3.8, 4) is 6.07 Å². The molecule has 0 aliphatic carbocycles. The lowest BCUT2D eigenvalue weighted by molar-refractivity contribution is 0.915. The van der Waals surface area contributed by atoms with Gasteiger partial charge in [-0.05, 0) is 36.4 Å². The van der Waals surface area contributed by atoms with Crippen LogP contribution in [0.15, 0.2) is 45.8 Å². The number of hydrogen-bond acceptors (Lipinski definition) is 3. The standard InChI is InChI=1S/C16H11BrN4O/c1-21-6-2-3-12(21)7-10(9-18)15-19-14-5-4-11(17)8-13(14)16(22)20-15/h2-8H,1H3,(H,19,20,22)/b10-7+. The second kappa shape index (κ2) is 5.62. The normalized spacial score (nSPS) is 11.6. The van der Waals surface area contributed by atoms with Crippen molar-refractivity contribution in [2.45, 2.75) is 0 Å². The number of halogens is 1. The van der Waals surface area contributed by atoms with Crippen LogP contribution in [0.4, 0.5) is 0 Å². The predicted molar refractivity (Wildman–Crippen MR) is 89.0 cm³/mol. The zero-order chi connectivity index (χ0) is 15.7. The van der Waals surface area contributed by atoms with Crippen LogP contribution < -0.4 is 5.56 Å². The lowest BCUT2D eigenvalue weighted by atomic mass is 10.2. The molecule has 3 rings (SSSR count). The molecule has 108 valence electrons. The van der Waals surface area contributed by atoms with E-state index in [1.807, 2.05) is 36.0 Å². The Labute approximate surface area is 134 Å². The molecule has 0 fully saturated rings. The summed E-state index contributed by atoms with van der Waals surface area (Å²) in [6.45, 7) is 0. The first kappa shape index (κ1) is 14.3. The highest BCUT2D eigenvalue weighted by molar-refractivity contribution is 9.10. The van der Waals surface area contributed by atoms with Gasteiger partial charge in [-0.15, -0.1) is 0 Å². The number of nitrogens with one attached hydrogen (secondary N) is 1. The summed E-state index contributed by atoms with van der Waals surface area (Å²) in [7, 11) is 1.88. The Balaban J connectivity index is 2.19. The van der Waals surface area contributed by atoms with Crippen LogP contribution in [0.3, 0.4) is 0 Å². The molecular formula is C16H11BrN4O. The summed E-state index contributed by atoms with van der Waals surface area (Å²) in [5.41, 5.74) is 1.45. The summed E-state index contributed by atoms with van der Waals surface area (Å²) in [4.78, 5) is 19.2. The molecule has 0 aliphatic heterocycles. The maximum absolute atomic E-state index is 12.2. The molecule has 0 atom stereocenters. The number of allylic oxidation sites excluding steroid dienone is 1. The average molecular weight is 355 g/mol. The molecule has 0 amide bonds. The smallest absolute Gasteiger partial charge is 0.259 e. The van der Waals surface area contributed by atoms with Gasteiger partial charge >= 0.3 is 0 Å². The van der Waals surface area contributed by atoms with Crippen LogP contribution in [0.25, 0.3) is 22.6 Å². The van der Waals surface area contributed by atoms with Gasteiger partial charge in [-0.3, -0.25) is 4.79 Å². The Morgan fingerprint density at radius 2 is 2.27 bits per heavy atom. The maximum Gasteiger partial charge on any atom is 0.259 e. The number of nitrogens with zero attached hydrogens (tertiary/aromatic N) is 3. The predicted octanol–water partition coefficient (Wildman–Crippen LogP) is 3.09. The number of rotatable bonds is 2. The van der Waals surface area contributed by atoms with Crippen molar-refractivity contribution in [3.05, 3.63) is 62.9 Å². The first-order valence-electron chi connectivity index (χ1n) is 6.51. The molecular weight excluding hydrogens is 344 g/mol. The minimum absolute atomic E-state index is 0.267. The van der Waals surface area contributed by atoms with Crippen molar-refractivity contribution in [2.75, 3.05) is 0 Å². The highest BCUT2D eigenvalue weighted by Gasteiger charge is 2.09. The van der Waals surface area contributed by atoms with Crippen molar-refractivity contribution >= 4 is 38.5 Å². The molecule has 0 aliphatic rings. The van der Waals surface area contributed by atoms with Crippen LogP contribution in [0, 0.1) is 11.3 Å². The molecule has 0 spiro atoms. The molecule has 0 radical (unpaired) electrons. The number of aromatic amines is 1. The van der Waals surface area contributed by atoms with Gasteiger partial charge in [0.25, 0.3) is 5.56 Å². The molecule has 3 aromatic rings. The zero-order valence-electron chi connectivity index (χ0n) is 11.7. The molecule has 2 heterocycles. The molecule has 1 N–H and O–H groups in total. The number of benzene rings is 1. The van der Waals surface area contributed by atoms with Crippen molar-refractivity contribution in [3.63, 3.8) is 0 Å². The van der Waals surface area contributed by atoms with Gasteiger partial charge in [0.05, 0.1) is 16.5 Å². The molecule has 22 heavy (non-hydrogen) atoms. The van der Waals surface area contributed by atoms with E-state index in [1.54, 1.807) is 18.2 Å². The van der Waals surface area contributed by atoms with Gasteiger partial charge in [0, 0.05) is 23.4 Å². The van der Waals surface area contributed by atoms with E-state index in [2.05, 4.69) is 32.0 Å². The van der Waals surface area contributed by atoms with Gasteiger partial charge < -0.3 is 9.55 Å². The Morgan fingerprint density at radius 1 is 1.45 bits per heavy atom. The molecule has 1 aromatic carbocycles. The van der Waals surface area contributed by atoms with Crippen LogP contribution in [0.1, 0.15) is 11.5 Å². The minimum Gasteiger partial charge on any atom is -0.351 e. The molecule has 5 nitrogen and oxygen atoms in total. The molecule has 0 saturated heterocycles. The lowest BCUT2D eigenvalue weighted by Gasteiger charge is -2.03. The summed E-state index contributed by atoms with van der Waals surface area (Å²) >= 11 is 3.33. The molecule has 0 bridgehead atoms.